The van der Waals surface area contributed by atoms with E-state index in [4.69, 9.17) is 11.6 Å². The lowest BCUT2D eigenvalue weighted by atomic mass is 10.1. The van der Waals surface area contributed by atoms with Crippen LogP contribution >= 0.6 is 11.6 Å². The normalized spacial score (nSPS) is 11.1. The van der Waals surface area contributed by atoms with Gasteiger partial charge in [-0.3, -0.25) is 9.59 Å². The molecule has 27 heavy (non-hydrogen) atoms. The van der Waals surface area contributed by atoms with Gasteiger partial charge in [-0.05, 0) is 42.7 Å². The molecule has 0 radical (unpaired) electrons. The van der Waals surface area contributed by atoms with Crippen molar-refractivity contribution in [2.45, 2.75) is 39.5 Å². The molecule has 2 aromatic rings. The van der Waals surface area contributed by atoms with Crippen LogP contribution in [-0.4, -0.2) is 17.5 Å². The van der Waals surface area contributed by atoms with Crippen LogP contribution in [0, 0.1) is 6.92 Å². The summed E-state index contributed by atoms with van der Waals surface area (Å²) < 4.78 is 0. The van der Waals surface area contributed by atoms with E-state index in [1.807, 2.05) is 44.2 Å². The van der Waals surface area contributed by atoms with Crippen molar-refractivity contribution in [3.8, 4) is 0 Å². The molecule has 0 bridgehead atoms. The lowest BCUT2D eigenvalue weighted by Crippen LogP contribution is -2.22. The fourth-order valence-electron chi connectivity index (χ4n) is 2.48. The minimum absolute atomic E-state index is 0.0737. The van der Waals surface area contributed by atoms with Gasteiger partial charge in [-0.2, -0.15) is 5.10 Å². The summed E-state index contributed by atoms with van der Waals surface area (Å²) in [6, 6.07) is 15.2. The Kier molecular flexibility index (Phi) is 8.01. The Labute approximate surface area is 164 Å². The topological polar surface area (TPSA) is 70.6 Å². The highest BCUT2D eigenvalue weighted by Crippen LogP contribution is 2.19. The SMILES string of the molecule is CC/C(Cc1ccccc1)=N/NC(=O)CCC(=O)Nc1ccc(Cl)cc1C. The van der Waals surface area contributed by atoms with Gasteiger partial charge < -0.3 is 5.32 Å². The van der Waals surface area contributed by atoms with Crippen molar-refractivity contribution >= 4 is 34.8 Å². The number of halogens is 1. The second-order valence-corrected chi connectivity index (χ2v) is 6.67. The Hall–Kier alpha value is -2.66. The fourth-order valence-corrected chi connectivity index (χ4v) is 2.71. The van der Waals surface area contributed by atoms with E-state index in [-0.39, 0.29) is 24.7 Å². The first-order valence-corrected chi connectivity index (χ1v) is 9.30. The number of benzene rings is 2. The predicted octanol–water partition coefficient (Wildman–Crippen LogP) is 4.49. The zero-order valence-corrected chi connectivity index (χ0v) is 16.3. The summed E-state index contributed by atoms with van der Waals surface area (Å²) in [7, 11) is 0. The number of aryl methyl sites for hydroxylation is 1. The molecule has 0 aromatic heterocycles. The van der Waals surface area contributed by atoms with Crippen molar-refractivity contribution < 1.29 is 9.59 Å². The number of nitrogens with one attached hydrogen (secondary N) is 2. The van der Waals surface area contributed by atoms with Crippen molar-refractivity contribution in [3.05, 3.63) is 64.7 Å². The van der Waals surface area contributed by atoms with Crippen LogP contribution in [0.2, 0.25) is 5.02 Å². The molecular formula is C21H24ClN3O2. The highest BCUT2D eigenvalue weighted by Gasteiger charge is 2.09. The van der Waals surface area contributed by atoms with Crippen LogP contribution in [0.3, 0.4) is 0 Å². The van der Waals surface area contributed by atoms with Crippen molar-refractivity contribution in [3.63, 3.8) is 0 Å². The summed E-state index contributed by atoms with van der Waals surface area (Å²) >= 11 is 5.90. The number of hydrogen-bond acceptors (Lipinski definition) is 3. The molecule has 2 aromatic carbocycles. The van der Waals surface area contributed by atoms with Gasteiger partial charge in [-0.25, -0.2) is 5.43 Å². The van der Waals surface area contributed by atoms with Gasteiger partial charge in [0.1, 0.15) is 0 Å². The highest BCUT2D eigenvalue weighted by molar-refractivity contribution is 6.30. The van der Waals surface area contributed by atoms with Crippen molar-refractivity contribution in [2.75, 3.05) is 5.32 Å². The molecule has 0 aliphatic carbocycles. The molecule has 0 atom stereocenters. The third-order valence-electron chi connectivity index (χ3n) is 4.04. The zero-order chi connectivity index (χ0) is 19.6. The Morgan fingerprint density at radius 3 is 2.41 bits per heavy atom. The van der Waals surface area contributed by atoms with Crippen molar-refractivity contribution in [1.29, 1.82) is 0 Å². The molecule has 0 aliphatic heterocycles. The quantitative estimate of drug-likeness (QED) is 0.519. The van der Waals surface area contributed by atoms with Gasteiger partial charge in [0.05, 0.1) is 0 Å². The van der Waals surface area contributed by atoms with Gasteiger partial charge >= 0.3 is 0 Å². The maximum Gasteiger partial charge on any atom is 0.240 e. The van der Waals surface area contributed by atoms with Gasteiger partial charge in [0, 0.05) is 35.7 Å². The van der Waals surface area contributed by atoms with Gasteiger partial charge in [0.2, 0.25) is 11.8 Å². The van der Waals surface area contributed by atoms with Gasteiger partial charge in [0.15, 0.2) is 0 Å². The number of rotatable bonds is 8. The molecule has 0 aliphatic rings. The monoisotopic (exact) mass is 385 g/mol. The lowest BCUT2D eigenvalue weighted by molar-refractivity contribution is -0.124. The van der Waals surface area contributed by atoms with E-state index in [1.165, 1.54) is 0 Å². The Bertz CT molecular complexity index is 819. The Balaban J connectivity index is 1.79. The number of carbonyl (C=O) groups is 2. The molecule has 0 heterocycles. The predicted molar refractivity (Wildman–Crippen MR) is 110 cm³/mol. The second kappa shape index (κ2) is 10.5. The molecule has 0 spiro atoms. The van der Waals surface area contributed by atoms with Gasteiger partial charge in [-0.15, -0.1) is 0 Å². The average molecular weight is 386 g/mol. The van der Waals surface area contributed by atoms with E-state index < -0.39 is 0 Å². The summed E-state index contributed by atoms with van der Waals surface area (Å²) in [5, 5.41) is 7.60. The first-order valence-electron chi connectivity index (χ1n) is 8.92. The molecule has 2 amide bonds. The number of amides is 2. The third kappa shape index (κ3) is 7.23. The number of carbonyl (C=O) groups excluding carboxylic acids is 2. The molecule has 0 saturated carbocycles. The van der Waals surface area contributed by atoms with Crippen LogP contribution < -0.4 is 10.7 Å². The van der Waals surface area contributed by atoms with Crippen LogP contribution in [0.4, 0.5) is 5.69 Å². The molecule has 2 rings (SSSR count). The summed E-state index contributed by atoms with van der Waals surface area (Å²) in [6.07, 6.45) is 1.59. The molecule has 0 fully saturated rings. The lowest BCUT2D eigenvalue weighted by Gasteiger charge is -2.09. The standard InChI is InChI=1S/C21H24ClN3O2/c1-3-18(14-16-7-5-4-6-8-16)24-25-21(27)12-11-20(26)23-19-10-9-17(22)13-15(19)2/h4-10,13H,3,11-12,14H2,1-2H3,(H,23,26)(H,25,27)/b24-18-. The smallest absolute Gasteiger partial charge is 0.240 e. The number of anilines is 1. The Morgan fingerprint density at radius 2 is 1.74 bits per heavy atom. The van der Waals surface area contributed by atoms with E-state index in [9.17, 15) is 9.59 Å². The summed E-state index contributed by atoms with van der Waals surface area (Å²) in [4.78, 5) is 24.0. The van der Waals surface area contributed by atoms with Gasteiger partial charge in [0.25, 0.3) is 0 Å². The summed E-state index contributed by atoms with van der Waals surface area (Å²) in [6.45, 7) is 3.86. The molecule has 5 nitrogen and oxygen atoms in total. The van der Waals surface area contributed by atoms with Crippen LogP contribution in [0.25, 0.3) is 0 Å². The average Bonchev–Trinajstić information content (AvgIpc) is 2.66. The minimum atomic E-state index is -0.281. The summed E-state index contributed by atoms with van der Waals surface area (Å²) in [5.74, 6) is -0.503. The van der Waals surface area contributed by atoms with E-state index in [0.29, 0.717) is 17.1 Å². The number of nitrogens with zero attached hydrogens (tertiary/aromatic N) is 1. The fraction of sp³-hybridized carbons (Fsp3) is 0.286. The van der Waals surface area contributed by atoms with E-state index in [0.717, 1.165) is 23.3 Å². The van der Waals surface area contributed by atoms with E-state index >= 15 is 0 Å². The van der Waals surface area contributed by atoms with Crippen LogP contribution in [-0.2, 0) is 16.0 Å². The Morgan fingerprint density at radius 1 is 1.04 bits per heavy atom. The van der Waals surface area contributed by atoms with E-state index in [2.05, 4.69) is 15.8 Å². The van der Waals surface area contributed by atoms with Crippen LogP contribution in [0.5, 0.6) is 0 Å². The minimum Gasteiger partial charge on any atom is -0.326 e. The molecular weight excluding hydrogens is 362 g/mol. The summed E-state index contributed by atoms with van der Waals surface area (Å²) in [5.41, 5.74) is 6.14. The molecule has 6 heteroatoms. The van der Waals surface area contributed by atoms with E-state index in [1.54, 1.807) is 18.2 Å². The molecule has 0 unspecified atom stereocenters. The maximum atomic E-state index is 12.0. The third-order valence-corrected chi connectivity index (χ3v) is 4.27. The number of hydrazone groups is 1. The molecule has 0 saturated heterocycles. The highest BCUT2D eigenvalue weighted by atomic mass is 35.5. The first kappa shape index (κ1) is 20.6. The maximum absolute atomic E-state index is 12.0. The van der Waals surface area contributed by atoms with Crippen LogP contribution in [0.15, 0.2) is 53.6 Å². The van der Waals surface area contributed by atoms with Gasteiger partial charge in [-0.1, -0.05) is 48.9 Å². The second-order valence-electron chi connectivity index (χ2n) is 6.24. The zero-order valence-electron chi connectivity index (χ0n) is 15.6. The van der Waals surface area contributed by atoms with Crippen molar-refractivity contribution in [2.24, 2.45) is 5.10 Å². The van der Waals surface area contributed by atoms with Crippen LogP contribution in [0.1, 0.15) is 37.3 Å². The number of hydrogen-bond donors (Lipinski definition) is 2. The molecule has 142 valence electrons. The largest absolute Gasteiger partial charge is 0.326 e. The first-order chi connectivity index (χ1) is 13.0. The molecule has 2 N–H and O–H groups in total. The van der Waals surface area contributed by atoms with Crippen molar-refractivity contribution in [1.82, 2.24) is 5.43 Å².